The van der Waals surface area contributed by atoms with Crippen molar-refractivity contribution in [3.63, 3.8) is 0 Å². The normalized spacial score (nSPS) is 22.1. The van der Waals surface area contributed by atoms with Gasteiger partial charge in [-0.3, -0.25) is 4.79 Å². The fourth-order valence-corrected chi connectivity index (χ4v) is 3.66. The van der Waals surface area contributed by atoms with E-state index in [-0.39, 0.29) is 0 Å². The first kappa shape index (κ1) is 17.0. The first-order chi connectivity index (χ1) is 10.3. The number of hydrogen-bond donors (Lipinski definition) is 2. The van der Waals surface area contributed by atoms with E-state index in [1.54, 1.807) is 19.1 Å². The van der Waals surface area contributed by atoms with Gasteiger partial charge in [0.1, 0.15) is 11.3 Å². The molecule has 2 rings (SSSR count). The van der Waals surface area contributed by atoms with E-state index in [0.717, 1.165) is 5.56 Å². The third-order valence-corrected chi connectivity index (χ3v) is 5.06. The monoisotopic (exact) mass is 343 g/mol. The van der Waals surface area contributed by atoms with Crippen LogP contribution in [0.15, 0.2) is 18.2 Å². The van der Waals surface area contributed by atoms with Gasteiger partial charge in [-0.2, -0.15) is 11.8 Å². The minimum Gasteiger partial charge on any atom is -0.479 e. The van der Waals surface area contributed by atoms with Gasteiger partial charge in [-0.05, 0) is 43.7 Å². The Morgan fingerprint density at radius 2 is 2.23 bits per heavy atom. The number of amides is 1. The second-order valence-electron chi connectivity index (χ2n) is 5.37. The average molecular weight is 344 g/mol. The number of ether oxygens (including phenoxy) is 1. The number of aliphatic carboxylic acids is 1. The third-order valence-electron chi connectivity index (χ3n) is 3.55. The number of nitrogens with one attached hydrogen (secondary N) is 1. The van der Waals surface area contributed by atoms with Gasteiger partial charge in [-0.25, -0.2) is 4.79 Å². The van der Waals surface area contributed by atoms with Crippen LogP contribution in [0.3, 0.4) is 0 Å². The highest BCUT2D eigenvalue weighted by atomic mass is 35.5. The lowest BCUT2D eigenvalue weighted by Gasteiger charge is -2.26. The molecule has 5 nitrogen and oxygen atoms in total. The molecule has 1 heterocycles. The van der Waals surface area contributed by atoms with Gasteiger partial charge < -0.3 is 15.2 Å². The number of halogens is 1. The van der Waals surface area contributed by atoms with Crippen LogP contribution in [0.5, 0.6) is 5.75 Å². The predicted molar refractivity (Wildman–Crippen MR) is 86.7 cm³/mol. The largest absolute Gasteiger partial charge is 0.479 e. The smallest absolute Gasteiger partial charge is 0.330 e. The summed E-state index contributed by atoms with van der Waals surface area (Å²) in [6.07, 6.45) is -0.419. The fraction of sp³-hybridized carbons (Fsp3) is 0.467. The van der Waals surface area contributed by atoms with Crippen LogP contribution < -0.4 is 10.1 Å². The molecular weight excluding hydrogens is 326 g/mol. The quantitative estimate of drug-likeness (QED) is 0.859. The van der Waals surface area contributed by atoms with Gasteiger partial charge >= 0.3 is 5.97 Å². The summed E-state index contributed by atoms with van der Waals surface area (Å²) >= 11 is 7.55. The summed E-state index contributed by atoms with van der Waals surface area (Å²) in [5, 5.41) is 12.4. The van der Waals surface area contributed by atoms with Crippen molar-refractivity contribution in [1.29, 1.82) is 0 Å². The summed E-state index contributed by atoms with van der Waals surface area (Å²) in [5.41, 5.74) is -0.239. The van der Waals surface area contributed by atoms with Crippen LogP contribution in [0.2, 0.25) is 5.02 Å². The average Bonchev–Trinajstić information content (AvgIpc) is 2.92. The fourth-order valence-electron chi connectivity index (χ4n) is 2.17. The van der Waals surface area contributed by atoms with E-state index in [1.165, 1.54) is 11.8 Å². The van der Waals surface area contributed by atoms with Crippen LogP contribution in [0, 0.1) is 6.92 Å². The lowest BCUT2D eigenvalue weighted by molar-refractivity contribution is -0.147. The van der Waals surface area contributed by atoms with Crippen LogP contribution in [-0.4, -0.2) is 40.1 Å². The molecule has 1 aromatic carbocycles. The Balaban J connectivity index is 2.06. The lowest BCUT2D eigenvalue weighted by Crippen LogP contribution is -2.57. The number of aryl methyl sites for hydroxylation is 1. The Morgan fingerprint density at radius 1 is 1.50 bits per heavy atom. The summed E-state index contributed by atoms with van der Waals surface area (Å²) in [5.74, 6) is 0.0287. The maximum atomic E-state index is 12.3. The molecule has 7 heteroatoms. The van der Waals surface area contributed by atoms with Crippen LogP contribution in [0.1, 0.15) is 18.9 Å². The first-order valence-electron chi connectivity index (χ1n) is 6.90. The Labute approximate surface area is 138 Å². The summed E-state index contributed by atoms with van der Waals surface area (Å²) in [6, 6.07) is 5.28. The molecule has 0 bridgehead atoms. The number of thioether (sulfide) groups is 1. The van der Waals surface area contributed by atoms with Crippen LogP contribution in [0.4, 0.5) is 0 Å². The summed E-state index contributed by atoms with van der Waals surface area (Å²) in [6.45, 7) is 3.47. The Bertz CT molecular complexity index is 587. The Morgan fingerprint density at radius 3 is 2.82 bits per heavy atom. The zero-order valence-electron chi connectivity index (χ0n) is 12.4. The Kier molecular flexibility index (Phi) is 5.24. The zero-order valence-corrected chi connectivity index (χ0v) is 14.0. The van der Waals surface area contributed by atoms with E-state index < -0.39 is 23.5 Å². The zero-order chi connectivity index (χ0) is 16.3. The van der Waals surface area contributed by atoms with Gasteiger partial charge in [0.25, 0.3) is 5.91 Å². The van der Waals surface area contributed by atoms with Crippen molar-refractivity contribution < 1.29 is 19.4 Å². The number of carbonyl (C=O) groups is 2. The molecule has 1 aliphatic heterocycles. The summed E-state index contributed by atoms with van der Waals surface area (Å²) < 4.78 is 5.58. The summed E-state index contributed by atoms with van der Waals surface area (Å²) in [7, 11) is 0. The highest BCUT2D eigenvalue weighted by Crippen LogP contribution is 2.29. The van der Waals surface area contributed by atoms with Crippen molar-refractivity contribution in [3.8, 4) is 5.75 Å². The van der Waals surface area contributed by atoms with Gasteiger partial charge in [0.15, 0.2) is 6.10 Å². The highest BCUT2D eigenvalue weighted by Gasteiger charge is 2.44. The number of carboxylic acids is 1. The number of carboxylic acid groups (broad SMARTS) is 1. The predicted octanol–water partition coefficient (Wildman–Crippen LogP) is 2.49. The van der Waals surface area contributed by atoms with Crippen molar-refractivity contribution in [1.82, 2.24) is 5.32 Å². The molecule has 0 aliphatic carbocycles. The molecule has 0 spiro atoms. The molecule has 120 valence electrons. The molecule has 1 amide bonds. The van der Waals surface area contributed by atoms with E-state index in [9.17, 15) is 14.7 Å². The topological polar surface area (TPSA) is 75.6 Å². The molecule has 2 atom stereocenters. The van der Waals surface area contributed by atoms with Crippen molar-refractivity contribution >= 4 is 35.2 Å². The number of benzene rings is 1. The van der Waals surface area contributed by atoms with Gasteiger partial charge in [0.05, 0.1) is 5.02 Å². The second-order valence-corrected chi connectivity index (χ2v) is 6.89. The molecule has 2 N–H and O–H groups in total. The third kappa shape index (κ3) is 3.67. The molecule has 0 saturated carbocycles. The van der Waals surface area contributed by atoms with Crippen LogP contribution in [-0.2, 0) is 9.59 Å². The van der Waals surface area contributed by atoms with Gasteiger partial charge in [-0.15, -0.1) is 0 Å². The van der Waals surface area contributed by atoms with Gasteiger partial charge in [-0.1, -0.05) is 17.7 Å². The van der Waals surface area contributed by atoms with E-state index in [1.807, 2.05) is 13.0 Å². The molecule has 0 radical (unpaired) electrons. The van der Waals surface area contributed by atoms with Crippen molar-refractivity contribution in [2.75, 3.05) is 11.5 Å². The van der Waals surface area contributed by atoms with Crippen molar-refractivity contribution in [2.45, 2.75) is 31.9 Å². The maximum Gasteiger partial charge on any atom is 0.330 e. The molecule has 1 fully saturated rings. The molecule has 2 unspecified atom stereocenters. The van der Waals surface area contributed by atoms with Crippen LogP contribution >= 0.6 is 23.4 Å². The van der Waals surface area contributed by atoms with Crippen molar-refractivity contribution in [2.24, 2.45) is 0 Å². The van der Waals surface area contributed by atoms with E-state index in [0.29, 0.717) is 28.7 Å². The van der Waals surface area contributed by atoms with E-state index in [4.69, 9.17) is 16.3 Å². The van der Waals surface area contributed by atoms with E-state index >= 15 is 0 Å². The minimum absolute atomic E-state index is 0.367. The number of rotatable bonds is 5. The maximum absolute atomic E-state index is 12.3. The van der Waals surface area contributed by atoms with Crippen molar-refractivity contribution in [3.05, 3.63) is 28.8 Å². The Hall–Kier alpha value is -1.40. The highest BCUT2D eigenvalue weighted by molar-refractivity contribution is 7.99. The molecule has 1 aromatic rings. The molecule has 22 heavy (non-hydrogen) atoms. The SMILES string of the molecule is Cc1ccc(Cl)c(OC(C)C(=O)NC2(C(=O)O)CCSC2)c1. The minimum atomic E-state index is -1.20. The molecular formula is C15H18ClNO4S. The van der Waals surface area contributed by atoms with Crippen LogP contribution in [0.25, 0.3) is 0 Å². The number of carbonyl (C=O) groups excluding carboxylic acids is 1. The molecule has 0 aromatic heterocycles. The standard InChI is InChI=1S/C15H18ClNO4S/c1-9-3-4-11(16)12(7-9)21-10(2)13(18)17-15(14(19)20)5-6-22-8-15/h3-4,7,10H,5-6,8H2,1-2H3,(H,17,18)(H,19,20). The first-order valence-corrected chi connectivity index (χ1v) is 8.43. The van der Waals surface area contributed by atoms with E-state index in [2.05, 4.69) is 5.32 Å². The lowest BCUT2D eigenvalue weighted by atomic mass is 9.99. The number of hydrogen-bond acceptors (Lipinski definition) is 4. The molecule has 1 saturated heterocycles. The van der Waals surface area contributed by atoms with Gasteiger partial charge in [0.2, 0.25) is 0 Å². The second kappa shape index (κ2) is 6.79. The molecule has 1 aliphatic rings. The summed E-state index contributed by atoms with van der Waals surface area (Å²) in [4.78, 5) is 23.7. The van der Waals surface area contributed by atoms with Gasteiger partial charge in [0, 0.05) is 5.75 Å².